The van der Waals surface area contributed by atoms with Gasteiger partial charge in [0, 0.05) is 12.3 Å². The van der Waals surface area contributed by atoms with Crippen LogP contribution in [0.5, 0.6) is 0 Å². The molecule has 5 rings (SSSR count). The highest BCUT2D eigenvalue weighted by molar-refractivity contribution is 5.66. The highest BCUT2D eigenvalue weighted by atomic mass is 16.6. The SMILES string of the molecule is CC(=O)O[C@@H]1CC[C@@]2(C)[C@@H](CC[C@H]3[C@@H]4CC[C@H]([C@H](C)CC[C@H](C)C(C)C)[C@@]4(C)C[C@H]4O[C@]432)C1. The quantitative estimate of drug-likeness (QED) is 0.307. The molecule has 4 saturated carbocycles. The first-order valence-corrected chi connectivity index (χ1v) is 14.4. The molecule has 1 saturated heterocycles. The number of epoxide rings is 1. The second-order valence-corrected chi connectivity index (χ2v) is 14.0. The Balaban J connectivity index is 1.31. The molecule has 0 aromatic carbocycles. The highest BCUT2D eigenvalue weighted by Crippen LogP contribution is 2.77. The van der Waals surface area contributed by atoms with Gasteiger partial charge in [0.2, 0.25) is 0 Å². The Hall–Kier alpha value is -0.570. The van der Waals surface area contributed by atoms with Crippen LogP contribution in [0.2, 0.25) is 0 Å². The van der Waals surface area contributed by atoms with E-state index in [9.17, 15) is 4.79 Å². The van der Waals surface area contributed by atoms with Gasteiger partial charge in [0.1, 0.15) is 11.7 Å². The Labute approximate surface area is 203 Å². The number of ether oxygens (including phenoxy) is 2. The van der Waals surface area contributed by atoms with Gasteiger partial charge in [-0.3, -0.25) is 4.79 Å². The van der Waals surface area contributed by atoms with E-state index in [1.165, 1.54) is 51.4 Å². The molecule has 3 nitrogen and oxygen atoms in total. The molecule has 0 amide bonds. The monoisotopic (exact) mass is 458 g/mol. The minimum absolute atomic E-state index is 0.113. The van der Waals surface area contributed by atoms with Gasteiger partial charge in [0.15, 0.2) is 0 Å². The van der Waals surface area contributed by atoms with Crippen molar-refractivity contribution in [1.82, 2.24) is 0 Å². The molecular weight excluding hydrogens is 408 g/mol. The lowest BCUT2D eigenvalue weighted by molar-refractivity contribution is -0.159. The molecule has 11 atom stereocenters. The van der Waals surface area contributed by atoms with E-state index in [4.69, 9.17) is 9.47 Å². The molecule has 5 aliphatic rings. The lowest BCUT2D eigenvalue weighted by Gasteiger charge is -2.59. The second kappa shape index (κ2) is 8.24. The van der Waals surface area contributed by atoms with Crippen molar-refractivity contribution in [2.75, 3.05) is 0 Å². The van der Waals surface area contributed by atoms with Gasteiger partial charge in [-0.1, -0.05) is 54.4 Å². The van der Waals surface area contributed by atoms with Gasteiger partial charge in [-0.15, -0.1) is 0 Å². The maximum absolute atomic E-state index is 11.6. The summed E-state index contributed by atoms with van der Waals surface area (Å²) in [6.07, 6.45) is 13.4. The standard InChI is InChI=1S/C30H50O3/c1-18(2)19(3)8-9-20(4)24-12-13-25-26-11-10-22-16-23(32-21(5)31)14-15-29(22,7)30(26)27(33-30)17-28(24,25)6/h18-20,22-27H,8-17H2,1-7H3/t19-,20+,22-,23+,24+,25-,26-,27+,28+,29-,30-/m0/s1. The van der Waals surface area contributed by atoms with Crippen molar-refractivity contribution in [3.8, 4) is 0 Å². The Kier molecular flexibility index (Phi) is 6.03. The van der Waals surface area contributed by atoms with Gasteiger partial charge >= 0.3 is 5.97 Å². The molecule has 4 aliphatic carbocycles. The van der Waals surface area contributed by atoms with E-state index < -0.39 is 0 Å². The van der Waals surface area contributed by atoms with E-state index in [0.717, 1.165) is 48.3 Å². The average Bonchev–Trinajstić information content (AvgIpc) is 3.36. The predicted molar refractivity (Wildman–Crippen MR) is 133 cm³/mol. The molecule has 0 N–H and O–H groups in total. The zero-order valence-electron chi connectivity index (χ0n) is 22.5. The molecule has 188 valence electrons. The number of rotatable bonds is 6. The maximum Gasteiger partial charge on any atom is 0.302 e. The van der Waals surface area contributed by atoms with Crippen LogP contribution in [0, 0.1) is 52.3 Å². The summed E-state index contributed by atoms with van der Waals surface area (Å²) in [6, 6.07) is 0. The van der Waals surface area contributed by atoms with Crippen molar-refractivity contribution in [1.29, 1.82) is 0 Å². The van der Waals surface area contributed by atoms with Gasteiger partial charge in [-0.2, -0.15) is 0 Å². The van der Waals surface area contributed by atoms with Gasteiger partial charge in [0.05, 0.1) is 6.10 Å². The number of hydrogen-bond acceptors (Lipinski definition) is 3. The zero-order chi connectivity index (χ0) is 23.8. The Bertz CT molecular complexity index is 762. The van der Waals surface area contributed by atoms with Crippen LogP contribution in [0.4, 0.5) is 0 Å². The number of esters is 1. The van der Waals surface area contributed by atoms with Crippen LogP contribution < -0.4 is 0 Å². The van der Waals surface area contributed by atoms with Crippen LogP contribution in [0.15, 0.2) is 0 Å². The third-order valence-corrected chi connectivity index (χ3v) is 12.3. The molecule has 5 fully saturated rings. The second-order valence-electron chi connectivity index (χ2n) is 14.0. The summed E-state index contributed by atoms with van der Waals surface area (Å²) in [4.78, 5) is 11.6. The minimum Gasteiger partial charge on any atom is -0.463 e. The van der Waals surface area contributed by atoms with Crippen molar-refractivity contribution in [2.24, 2.45) is 52.3 Å². The van der Waals surface area contributed by atoms with E-state index in [1.54, 1.807) is 6.92 Å². The van der Waals surface area contributed by atoms with E-state index >= 15 is 0 Å². The number of fused-ring (bicyclic) bond motifs is 3. The summed E-state index contributed by atoms with van der Waals surface area (Å²) in [5, 5.41) is 0. The molecule has 0 bridgehead atoms. The Morgan fingerprint density at radius 3 is 2.42 bits per heavy atom. The molecule has 33 heavy (non-hydrogen) atoms. The third kappa shape index (κ3) is 3.56. The molecule has 0 aromatic rings. The van der Waals surface area contributed by atoms with Crippen molar-refractivity contribution in [3.05, 3.63) is 0 Å². The summed E-state index contributed by atoms with van der Waals surface area (Å²) in [5.41, 5.74) is 0.870. The van der Waals surface area contributed by atoms with E-state index in [1.807, 2.05) is 0 Å². The van der Waals surface area contributed by atoms with Gasteiger partial charge in [-0.25, -0.2) is 0 Å². The fourth-order valence-corrected chi connectivity index (χ4v) is 10.0. The lowest BCUT2D eigenvalue weighted by atomic mass is 9.44. The summed E-state index contributed by atoms with van der Waals surface area (Å²) >= 11 is 0. The summed E-state index contributed by atoms with van der Waals surface area (Å²) in [7, 11) is 0. The number of carbonyl (C=O) groups excluding carboxylic acids is 1. The van der Waals surface area contributed by atoms with E-state index in [2.05, 4.69) is 41.5 Å². The molecule has 1 heterocycles. The van der Waals surface area contributed by atoms with Crippen molar-refractivity contribution < 1.29 is 14.3 Å². The first kappa shape index (κ1) is 24.1. The molecule has 3 heteroatoms. The topological polar surface area (TPSA) is 38.8 Å². The maximum atomic E-state index is 11.6. The van der Waals surface area contributed by atoms with Crippen LogP contribution in [-0.2, 0) is 14.3 Å². The van der Waals surface area contributed by atoms with E-state index in [-0.39, 0.29) is 23.1 Å². The highest BCUT2D eigenvalue weighted by Gasteiger charge is 2.79. The van der Waals surface area contributed by atoms with Crippen molar-refractivity contribution in [3.63, 3.8) is 0 Å². The minimum atomic E-state index is -0.113. The van der Waals surface area contributed by atoms with Crippen LogP contribution in [-0.4, -0.2) is 23.8 Å². The smallest absolute Gasteiger partial charge is 0.302 e. The lowest BCUT2D eigenvalue weighted by Crippen LogP contribution is -2.60. The van der Waals surface area contributed by atoms with Crippen molar-refractivity contribution >= 4 is 5.97 Å². The van der Waals surface area contributed by atoms with Crippen LogP contribution in [0.1, 0.15) is 113 Å². The molecule has 0 aromatic heterocycles. The van der Waals surface area contributed by atoms with Gasteiger partial charge in [0.25, 0.3) is 0 Å². The Morgan fingerprint density at radius 1 is 1.00 bits per heavy atom. The van der Waals surface area contributed by atoms with Crippen LogP contribution in [0.25, 0.3) is 0 Å². The molecule has 1 aliphatic heterocycles. The molecule has 0 radical (unpaired) electrons. The van der Waals surface area contributed by atoms with E-state index in [0.29, 0.717) is 17.4 Å². The van der Waals surface area contributed by atoms with Gasteiger partial charge < -0.3 is 9.47 Å². The first-order valence-electron chi connectivity index (χ1n) is 14.4. The fraction of sp³-hybridized carbons (Fsp3) is 0.967. The largest absolute Gasteiger partial charge is 0.463 e. The zero-order valence-corrected chi connectivity index (χ0v) is 22.5. The molecule has 0 unspecified atom stereocenters. The molecular formula is C30H50O3. The number of carbonyl (C=O) groups is 1. The number of hydrogen-bond donors (Lipinski definition) is 0. The van der Waals surface area contributed by atoms with Crippen LogP contribution >= 0.6 is 0 Å². The summed E-state index contributed by atoms with van der Waals surface area (Å²) < 4.78 is 12.6. The summed E-state index contributed by atoms with van der Waals surface area (Å²) in [6.45, 7) is 16.5. The predicted octanol–water partition coefficient (Wildman–Crippen LogP) is 7.42. The normalized spacial score (nSPS) is 49.9. The summed E-state index contributed by atoms with van der Waals surface area (Å²) in [5.74, 6) is 5.46. The van der Waals surface area contributed by atoms with Gasteiger partial charge in [-0.05, 0) is 98.2 Å². The fourth-order valence-electron chi connectivity index (χ4n) is 10.0. The Morgan fingerprint density at radius 2 is 1.73 bits per heavy atom. The van der Waals surface area contributed by atoms with Crippen molar-refractivity contribution in [2.45, 2.75) is 130 Å². The van der Waals surface area contributed by atoms with Crippen LogP contribution in [0.3, 0.4) is 0 Å². The third-order valence-electron chi connectivity index (χ3n) is 12.3. The first-order chi connectivity index (χ1) is 15.5. The molecule has 1 spiro atoms. The average molecular weight is 459 g/mol.